The van der Waals surface area contributed by atoms with E-state index >= 15 is 0 Å². The summed E-state index contributed by atoms with van der Waals surface area (Å²) in [6, 6.07) is 1.35. The fourth-order valence-electron chi connectivity index (χ4n) is 3.66. The molecule has 2 fully saturated rings. The molecule has 0 aromatic carbocycles. The van der Waals surface area contributed by atoms with Gasteiger partial charge in [-0.3, -0.25) is 0 Å². The highest BCUT2D eigenvalue weighted by molar-refractivity contribution is 4.85. The maximum Gasteiger partial charge on any atom is 0.0221 e. The monoisotopic (exact) mass is 238 g/mol. The molecule has 2 aliphatic carbocycles. The maximum atomic E-state index is 5.99. The van der Waals surface area contributed by atoms with E-state index in [1.54, 1.807) is 0 Å². The van der Waals surface area contributed by atoms with E-state index in [2.05, 4.69) is 12.2 Å². The van der Waals surface area contributed by atoms with Crippen LogP contribution in [0.3, 0.4) is 0 Å². The Morgan fingerprint density at radius 2 is 1.65 bits per heavy atom. The topological polar surface area (TPSA) is 38.0 Å². The van der Waals surface area contributed by atoms with Gasteiger partial charge in [0.25, 0.3) is 0 Å². The average molecular weight is 238 g/mol. The first-order valence-electron chi connectivity index (χ1n) is 7.75. The lowest BCUT2D eigenvalue weighted by atomic mass is 9.78. The van der Waals surface area contributed by atoms with E-state index in [1.807, 2.05) is 0 Å². The standard InChI is InChI=1S/C15H30N2/c1-12-7-9-13(10-8-12)15(11-16)17-14-5-3-2-4-6-14/h12-15,17H,2-11,16H2,1H3. The third-order valence-electron chi connectivity index (χ3n) is 4.94. The van der Waals surface area contributed by atoms with Gasteiger partial charge in [0.15, 0.2) is 0 Å². The van der Waals surface area contributed by atoms with Gasteiger partial charge in [-0.25, -0.2) is 0 Å². The van der Waals surface area contributed by atoms with Crippen LogP contribution in [-0.4, -0.2) is 18.6 Å². The molecule has 3 N–H and O–H groups in total. The van der Waals surface area contributed by atoms with Crippen molar-refractivity contribution >= 4 is 0 Å². The van der Waals surface area contributed by atoms with E-state index in [1.165, 1.54) is 57.8 Å². The van der Waals surface area contributed by atoms with Crippen LogP contribution in [0.5, 0.6) is 0 Å². The molecule has 100 valence electrons. The van der Waals surface area contributed by atoms with Crippen molar-refractivity contribution in [1.29, 1.82) is 0 Å². The molecule has 2 aliphatic rings. The van der Waals surface area contributed by atoms with Gasteiger partial charge in [0.1, 0.15) is 0 Å². The Balaban J connectivity index is 1.78. The summed E-state index contributed by atoms with van der Waals surface area (Å²) in [7, 11) is 0. The second-order valence-corrected chi connectivity index (χ2v) is 6.36. The Morgan fingerprint density at radius 3 is 2.24 bits per heavy atom. The van der Waals surface area contributed by atoms with Gasteiger partial charge in [-0.05, 0) is 37.5 Å². The Bertz CT molecular complexity index is 203. The molecule has 0 saturated heterocycles. The predicted octanol–water partition coefficient (Wildman–Crippen LogP) is 3.06. The minimum Gasteiger partial charge on any atom is -0.329 e. The Morgan fingerprint density at radius 1 is 1.00 bits per heavy atom. The summed E-state index contributed by atoms with van der Waals surface area (Å²) in [5.74, 6) is 1.79. The smallest absolute Gasteiger partial charge is 0.0221 e. The summed E-state index contributed by atoms with van der Waals surface area (Å²) in [4.78, 5) is 0. The Kier molecular flexibility index (Phi) is 5.30. The molecule has 0 bridgehead atoms. The van der Waals surface area contributed by atoms with Crippen LogP contribution in [0.4, 0.5) is 0 Å². The first kappa shape index (κ1) is 13.4. The quantitative estimate of drug-likeness (QED) is 0.790. The molecule has 0 radical (unpaired) electrons. The largest absolute Gasteiger partial charge is 0.329 e. The highest BCUT2D eigenvalue weighted by Crippen LogP contribution is 2.31. The average Bonchev–Trinajstić information content (AvgIpc) is 2.38. The Labute approximate surface area is 107 Å². The zero-order valence-corrected chi connectivity index (χ0v) is 11.5. The second kappa shape index (κ2) is 6.75. The summed E-state index contributed by atoms with van der Waals surface area (Å²) in [5.41, 5.74) is 5.99. The summed E-state index contributed by atoms with van der Waals surface area (Å²) < 4.78 is 0. The predicted molar refractivity (Wildman–Crippen MR) is 74.0 cm³/mol. The fourth-order valence-corrected chi connectivity index (χ4v) is 3.66. The first-order valence-corrected chi connectivity index (χ1v) is 7.75. The van der Waals surface area contributed by atoms with E-state index in [0.717, 1.165) is 24.4 Å². The van der Waals surface area contributed by atoms with Crippen molar-refractivity contribution in [3.8, 4) is 0 Å². The van der Waals surface area contributed by atoms with Crippen LogP contribution in [0, 0.1) is 11.8 Å². The number of hydrogen-bond acceptors (Lipinski definition) is 2. The number of nitrogens with two attached hydrogens (primary N) is 1. The van der Waals surface area contributed by atoms with Gasteiger partial charge >= 0.3 is 0 Å². The summed E-state index contributed by atoms with van der Waals surface area (Å²) in [6.45, 7) is 3.22. The summed E-state index contributed by atoms with van der Waals surface area (Å²) >= 11 is 0. The highest BCUT2D eigenvalue weighted by atomic mass is 15.0. The molecule has 0 amide bonds. The van der Waals surface area contributed by atoms with Crippen molar-refractivity contribution in [2.75, 3.05) is 6.54 Å². The van der Waals surface area contributed by atoms with Crippen LogP contribution < -0.4 is 11.1 Å². The van der Waals surface area contributed by atoms with Crippen LogP contribution in [0.25, 0.3) is 0 Å². The van der Waals surface area contributed by atoms with E-state index in [4.69, 9.17) is 5.73 Å². The lowest BCUT2D eigenvalue weighted by molar-refractivity contribution is 0.209. The third-order valence-corrected chi connectivity index (χ3v) is 4.94. The molecule has 2 nitrogen and oxygen atoms in total. The van der Waals surface area contributed by atoms with Gasteiger partial charge < -0.3 is 11.1 Å². The van der Waals surface area contributed by atoms with Crippen LogP contribution in [0.15, 0.2) is 0 Å². The van der Waals surface area contributed by atoms with Crippen molar-refractivity contribution in [1.82, 2.24) is 5.32 Å². The maximum absolute atomic E-state index is 5.99. The molecule has 0 aliphatic heterocycles. The van der Waals surface area contributed by atoms with Crippen molar-refractivity contribution in [3.05, 3.63) is 0 Å². The highest BCUT2D eigenvalue weighted by Gasteiger charge is 2.27. The van der Waals surface area contributed by atoms with Gasteiger partial charge in [-0.1, -0.05) is 39.0 Å². The van der Waals surface area contributed by atoms with Gasteiger partial charge in [-0.2, -0.15) is 0 Å². The SMILES string of the molecule is CC1CCC(C(CN)NC2CCCCC2)CC1. The summed E-state index contributed by atoms with van der Waals surface area (Å²) in [5, 5.41) is 3.87. The first-order chi connectivity index (χ1) is 8.29. The second-order valence-electron chi connectivity index (χ2n) is 6.36. The third kappa shape index (κ3) is 3.96. The van der Waals surface area contributed by atoms with E-state index in [-0.39, 0.29) is 0 Å². The normalized spacial score (nSPS) is 33.5. The van der Waals surface area contributed by atoms with E-state index < -0.39 is 0 Å². The van der Waals surface area contributed by atoms with Gasteiger partial charge in [0.05, 0.1) is 0 Å². The Hall–Kier alpha value is -0.0800. The molecular weight excluding hydrogens is 208 g/mol. The molecule has 0 heterocycles. The zero-order chi connectivity index (χ0) is 12.1. The molecule has 1 atom stereocenters. The van der Waals surface area contributed by atoms with Gasteiger partial charge in [-0.15, -0.1) is 0 Å². The zero-order valence-electron chi connectivity index (χ0n) is 11.5. The van der Waals surface area contributed by atoms with Crippen LogP contribution >= 0.6 is 0 Å². The number of nitrogens with one attached hydrogen (secondary N) is 1. The van der Waals surface area contributed by atoms with Gasteiger partial charge in [0.2, 0.25) is 0 Å². The van der Waals surface area contributed by atoms with E-state index in [9.17, 15) is 0 Å². The lowest BCUT2D eigenvalue weighted by Gasteiger charge is -2.36. The minimum absolute atomic E-state index is 0.589. The number of rotatable bonds is 4. The molecule has 0 spiro atoms. The van der Waals surface area contributed by atoms with Gasteiger partial charge in [0, 0.05) is 18.6 Å². The molecular formula is C15H30N2. The molecule has 2 heteroatoms. The van der Waals surface area contributed by atoms with Crippen molar-refractivity contribution in [2.24, 2.45) is 17.6 Å². The number of hydrogen-bond donors (Lipinski definition) is 2. The van der Waals surface area contributed by atoms with Crippen molar-refractivity contribution < 1.29 is 0 Å². The fraction of sp³-hybridized carbons (Fsp3) is 1.00. The van der Waals surface area contributed by atoms with Crippen LogP contribution in [0.2, 0.25) is 0 Å². The van der Waals surface area contributed by atoms with E-state index in [0.29, 0.717) is 6.04 Å². The van der Waals surface area contributed by atoms with Crippen LogP contribution in [-0.2, 0) is 0 Å². The molecule has 17 heavy (non-hydrogen) atoms. The van der Waals surface area contributed by atoms with Crippen molar-refractivity contribution in [2.45, 2.75) is 76.8 Å². The lowest BCUT2D eigenvalue weighted by Crippen LogP contribution is -2.48. The summed E-state index contributed by atoms with van der Waals surface area (Å²) in [6.07, 6.45) is 12.6. The molecule has 0 aromatic rings. The molecule has 0 aromatic heterocycles. The van der Waals surface area contributed by atoms with Crippen molar-refractivity contribution in [3.63, 3.8) is 0 Å². The molecule has 1 unspecified atom stereocenters. The van der Waals surface area contributed by atoms with Crippen LogP contribution in [0.1, 0.15) is 64.7 Å². The molecule has 2 saturated carbocycles. The molecule has 2 rings (SSSR count). The minimum atomic E-state index is 0.589.